The molecular weight excluding hydrogens is 356 g/mol. The maximum absolute atomic E-state index is 11.5. The van der Waals surface area contributed by atoms with Gasteiger partial charge in [0.05, 0.1) is 0 Å². The average molecular weight is 403 g/mol. The van der Waals surface area contributed by atoms with E-state index >= 15 is 0 Å². The molecule has 0 saturated heterocycles. The summed E-state index contributed by atoms with van der Waals surface area (Å²) in [7, 11) is 0. The number of amides is 1. The third-order valence-electron chi connectivity index (χ3n) is 5.05. The Hall–Kier alpha value is -1.45. The number of hydrogen-bond acceptors (Lipinski definition) is 2. The summed E-state index contributed by atoms with van der Waals surface area (Å²) in [4.78, 5) is 11.5. The van der Waals surface area contributed by atoms with E-state index in [0.29, 0.717) is 19.5 Å². The molecule has 0 aliphatic rings. The number of rotatable bonds is 19. The van der Waals surface area contributed by atoms with Gasteiger partial charge in [0.15, 0.2) is 0 Å². The van der Waals surface area contributed by atoms with Crippen LogP contribution in [0.4, 0.5) is 0 Å². The molecular formula is C26H46N2O. The van der Waals surface area contributed by atoms with Crippen molar-refractivity contribution in [3.8, 4) is 23.7 Å². The highest BCUT2D eigenvalue weighted by molar-refractivity contribution is 5.75. The van der Waals surface area contributed by atoms with Crippen molar-refractivity contribution >= 4 is 5.91 Å². The van der Waals surface area contributed by atoms with Crippen LogP contribution in [0.1, 0.15) is 122 Å². The van der Waals surface area contributed by atoms with Crippen LogP contribution < -0.4 is 11.1 Å². The zero-order chi connectivity index (χ0) is 21.3. The first-order valence-corrected chi connectivity index (χ1v) is 12.2. The molecule has 0 heterocycles. The van der Waals surface area contributed by atoms with Crippen molar-refractivity contribution in [1.29, 1.82) is 0 Å². The Morgan fingerprint density at radius 1 is 0.690 bits per heavy atom. The van der Waals surface area contributed by atoms with Gasteiger partial charge in [0.25, 0.3) is 0 Å². The fourth-order valence-electron chi connectivity index (χ4n) is 3.18. The van der Waals surface area contributed by atoms with Gasteiger partial charge in [-0.05, 0) is 44.1 Å². The Balaban J connectivity index is 3.30. The predicted molar refractivity (Wildman–Crippen MR) is 126 cm³/mol. The van der Waals surface area contributed by atoms with Crippen LogP contribution in [0, 0.1) is 23.7 Å². The highest BCUT2D eigenvalue weighted by Crippen LogP contribution is 2.09. The zero-order valence-electron chi connectivity index (χ0n) is 19.1. The highest BCUT2D eigenvalue weighted by atomic mass is 16.1. The van der Waals surface area contributed by atoms with E-state index in [-0.39, 0.29) is 5.91 Å². The second-order valence-electron chi connectivity index (χ2n) is 7.94. The van der Waals surface area contributed by atoms with Crippen LogP contribution in [0.25, 0.3) is 0 Å². The molecule has 0 aromatic rings. The van der Waals surface area contributed by atoms with Crippen LogP contribution in [0.15, 0.2) is 0 Å². The van der Waals surface area contributed by atoms with Gasteiger partial charge in [0.2, 0.25) is 5.91 Å². The van der Waals surface area contributed by atoms with E-state index in [1.54, 1.807) is 0 Å². The molecule has 166 valence electrons. The SMILES string of the molecule is CCCCCCCCCCC#CC#CCCCCCCCCC(=O)NCCCN. The standard InChI is InChI=1S/C26H46N2O/c1-2-3-4-5-6-7-8-9-10-11-12-13-14-15-16-17-18-19-20-21-23-26(29)28-25-22-24-27/h2-10,15-25,27H2,1H3,(H,28,29). The minimum atomic E-state index is 0.164. The quantitative estimate of drug-likeness (QED) is 0.202. The highest BCUT2D eigenvalue weighted by Gasteiger charge is 1.99. The van der Waals surface area contributed by atoms with E-state index in [0.717, 1.165) is 38.5 Å². The zero-order valence-corrected chi connectivity index (χ0v) is 19.1. The van der Waals surface area contributed by atoms with Gasteiger partial charge >= 0.3 is 0 Å². The number of unbranched alkanes of at least 4 members (excludes halogenated alkanes) is 14. The second-order valence-corrected chi connectivity index (χ2v) is 7.94. The van der Waals surface area contributed by atoms with Crippen molar-refractivity contribution in [3.05, 3.63) is 0 Å². The normalized spacial score (nSPS) is 10.0. The molecule has 0 aliphatic carbocycles. The van der Waals surface area contributed by atoms with Crippen LogP contribution in [-0.2, 0) is 4.79 Å². The molecule has 3 N–H and O–H groups in total. The molecule has 0 atom stereocenters. The first-order valence-electron chi connectivity index (χ1n) is 12.2. The van der Waals surface area contributed by atoms with Gasteiger partial charge in [-0.3, -0.25) is 4.79 Å². The van der Waals surface area contributed by atoms with Crippen molar-refractivity contribution in [1.82, 2.24) is 5.32 Å². The molecule has 0 fully saturated rings. The summed E-state index contributed by atoms with van der Waals surface area (Å²) in [5.41, 5.74) is 5.40. The number of carbonyl (C=O) groups is 1. The molecule has 29 heavy (non-hydrogen) atoms. The third kappa shape index (κ3) is 24.5. The van der Waals surface area contributed by atoms with Gasteiger partial charge in [-0.15, -0.1) is 0 Å². The lowest BCUT2D eigenvalue weighted by Crippen LogP contribution is -2.25. The molecule has 0 aliphatic heterocycles. The molecule has 0 rings (SSSR count). The Labute approximate surface area is 181 Å². The number of nitrogens with one attached hydrogen (secondary N) is 1. The Kier molecular flexibility index (Phi) is 23.4. The minimum Gasteiger partial charge on any atom is -0.356 e. The summed E-state index contributed by atoms with van der Waals surface area (Å²) in [6.45, 7) is 3.61. The minimum absolute atomic E-state index is 0.164. The van der Waals surface area contributed by atoms with Crippen molar-refractivity contribution in [2.45, 2.75) is 122 Å². The van der Waals surface area contributed by atoms with E-state index in [1.165, 1.54) is 70.6 Å². The summed E-state index contributed by atoms with van der Waals surface area (Å²) in [5.74, 6) is 12.5. The second kappa shape index (κ2) is 24.6. The van der Waals surface area contributed by atoms with Crippen LogP contribution in [0.5, 0.6) is 0 Å². The van der Waals surface area contributed by atoms with Crippen molar-refractivity contribution < 1.29 is 4.79 Å². The average Bonchev–Trinajstić information content (AvgIpc) is 2.72. The molecule has 1 amide bonds. The lowest BCUT2D eigenvalue weighted by molar-refractivity contribution is -0.121. The summed E-state index contributed by atoms with van der Waals surface area (Å²) < 4.78 is 0. The summed E-state index contributed by atoms with van der Waals surface area (Å²) >= 11 is 0. The smallest absolute Gasteiger partial charge is 0.219 e. The lowest BCUT2D eigenvalue weighted by Gasteiger charge is -2.04. The number of nitrogens with two attached hydrogens (primary N) is 1. The Morgan fingerprint density at radius 2 is 1.17 bits per heavy atom. The van der Waals surface area contributed by atoms with Gasteiger partial charge in [0.1, 0.15) is 0 Å². The molecule has 0 aromatic carbocycles. The maximum atomic E-state index is 11.5. The van der Waals surface area contributed by atoms with Gasteiger partial charge in [-0.1, -0.05) is 89.4 Å². The van der Waals surface area contributed by atoms with E-state index in [9.17, 15) is 4.79 Å². The largest absolute Gasteiger partial charge is 0.356 e. The van der Waals surface area contributed by atoms with E-state index in [4.69, 9.17) is 5.73 Å². The van der Waals surface area contributed by atoms with E-state index in [2.05, 4.69) is 35.9 Å². The maximum Gasteiger partial charge on any atom is 0.219 e. The molecule has 0 radical (unpaired) electrons. The number of hydrogen-bond donors (Lipinski definition) is 2. The summed E-state index contributed by atoms with van der Waals surface area (Å²) in [6, 6.07) is 0. The molecule has 0 unspecified atom stereocenters. The first kappa shape index (κ1) is 27.5. The van der Waals surface area contributed by atoms with Gasteiger partial charge in [0, 0.05) is 25.8 Å². The molecule has 0 bridgehead atoms. The summed E-state index contributed by atoms with van der Waals surface area (Å²) in [6.07, 6.45) is 21.2. The van der Waals surface area contributed by atoms with E-state index in [1.807, 2.05) is 0 Å². The fourth-order valence-corrected chi connectivity index (χ4v) is 3.18. The Morgan fingerprint density at radius 3 is 1.69 bits per heavy atom. The first-order chi connectivity index (χ1) is 14.3. The van der Waals surface area contributed by atoms with E-state index < -0.39 is 0 Å². The molecule has 3 nitrogen and oxygen atoms in total. The van der Waals surface area contributed by atoms with Crippen LogP contribution in [-0.4, -0.2) is 19.0 Å². The molecule has 0 spiro atoms. The van der Waals surface area contributed by atoms with Crippen LogP contribution in [0.3, 0.4) is 0 Å². The third-order valence-corrected chi connectivity index (χ3v) is 5.05. The monoisotopic (exact) mass is 402 g/mol. The van der Waals surface area contributed by atoms with Crippen LogP contribution >= 0.6 is 0 Å². The number of carbonyl (C=O) groups excluding carboxylic acids is 1. The molecule has 3 heteroatoms. The van der Waals surface area contributed by atoms with Crippen molar-refractivity contribution in [2.75, 3.05) is 13.1 Å². The summed E-state index contributed by atoms with van der Waals surface area (Å²) in [5, 5.41) is 2.90. The predicted octanol–water partition coefficient (Wildman–Crippen LogP) is 6.11. The van der Waals surface area contributed by atoms with Gasteiger partial charge in [-0.25, -0.2) is 0 Å². The van der Waals surface area contributed by atoms with Crippen LogP contribution in [0.2, 0.25) is 0 Å². The molecule has 0 aromatic heterocycles. The van der Waals surface area contributed by atoms with Crippen molar-refractivity contribution in [2.24, 2.45) is 5.73 Å². The topological polar surface area (TPSA) is 55.1 Å². The fraction of sp³-hybridized carbons (Fsp3) is 0.808. The van der Waals surface area contributed by atoms with Gasteiger partial charge < -0.3 is 11.1 Å². The lowest BCUT2D eigenvalue weighted by atomic mass is 10.1. The van der Waals surface area contributed by atoms with Gasteiger partial charge in [-0.2, -0.15) is 0 Å². The molecule has 0 saturated carbocycles. The van der Waals surface area contributed by atoms with Crippen molar-refractivity contribution in [3.63, 3.8) is 0 Å². The Bertz CT molecular complexity index is 478.